The van der Waals surface area contributed by atoms with Crippen molar-refractivity contribution in [3.05, 3.63) is 63.7 Å². The Labute approximate surface area is 165 Å². The molecule has 2 aromatic rings. The Balaban J connectivity index is 1.79. The first-order valence-electron chi connectivity index (χ1n) is 9.17. The summed E-state index contributed by atoms with van der Waals surface area (Å²) in [7, 11) is 0. The predicted octanol–water partition coefficient (Wildman–Crippen LogP) is 5.10. The molecule has 1 saturated heterocycles. The van der Waals surface area contributed by atoms with Gasteiger partial charge in [-0.15, -0.1) is 0 Å². The molecule has 1 N–H and O–H groups in total. The second-order valence-corrected chi connectivity index (χ2v) is 7.16. The third-order valence-corrected chi connectivity index (χ3v) is 5.03. The summed E-state index contributed by atoms with van der Waals surface area (Å²) < 4.78 is 37.9. The van der Waals surface area contributed by atoms with Crippen LogP contribution in [0, 0.1) is 16.0 Å². The molecule has 1 amide bonds. The molecule has 9 heteroatoms. The highest BCUT2D eigenvalue weighted by Gasteiger charge is 2.30. The molecule has 0 unspecified atom stereocenters. The molecule has 0 aromatic heterocycles. The van der Waals surface area contributed by atoms with Gasteiger partial charge in [-0.2, -0.15) is 13.2 Å². The number of carbonyl (C=O) groups excluding carboxylic acids is 1. The van der Waals surface area contributed by atoms with Gasteiger partial charge in [0.15, 0.2) is 0 Å². The van der Waals surface area contributed by atoms with Gasteiger partial charge in [-0.25, -0.2) is 0 Å². The first-order valence-corrected chi connectivity index (χ1v) is 9.17. The van der Waals surface area contributed by atoms with Crippen LogP contribution >= 0.6 is 0 Å². The fourth-order valence-electron chi connectivity index (χ4n) is 3.27. The average molecular weight is 407 g/mol. The van der Waals surface area contributed by atoms with Crippen molar-refractivity contribution in [1.82, 2.24) is 0 Å². The van der Waals surface area contributed by atoms with E-state index in [4.69, 9.17) is 0 Å². The number of nitro groups is 1. The van der Waals surface area contributed by atoms with E-state index in [1.54, 1.807) is 6.07 Å². The maximum atomic E-state index is 12.6. The minimum atomic E-state index is -4.47. The summed E-state index contributed by atoms with van der Waals surface area (Å²) in [5, 5.41) is 14.0. The van der Waals surface area contributed by atoms with Crippen molar-refractivity contribution in [3.63, 3.8) is 0 Å². The minimum absolute atomic E-state index is 0.0609. The van der Waals surface area contributed by atoms with Crippen molar-refractivity contribution in [3.8, 4) is 0 Å². The van der Waals surface area contributed by atoms with Gasteiger partial charge >= 0.3 is 6.18 Å². The Morgan fingerprint density at radius 3 is 2.31 bits per heavy atom. The topological polar surface area (TPSA) is 75.5 Å². The molecule has 2 aromatic carbocycles. The van der Waals surface area contributed by atoms with Crippen LogP contribution in [0.2, 0.25) is 0 Å². The van der Waals surface area contributed by atoms with Gasteiger partial charge in [0.2, 0.25) is 0 Å². The summed E-state index contributed by atoms with van der Waals surface area (Å²) in [5.41, 5.74) is -0.301. The van der Waals surface area contributed by atoms with Gasteiger partial charge < -0.3 is 10.2 Å². The molecular weight excluding hydrogens is 387 g/mol. The molecule has 0 bridgehead atoms. The van der Waals surface area contributed by atoms with Crippen LogP contribution in [0.25, 0.3) is 0 Å². The van der Waals surface area contributed by atoms with E-state index < -0.39 is 22.6 Å². The predicted molar refractivity (Wildman–Crippen MR) is 103 cm³/mol. The maximum absolute atomic E-state index is 12.6. The molecule has 1 fully saturated rings. The van der Waals surface area contributed by atoms with E-state index in [0.717, 1.165) is 37.1 Å². The molecule has 154 valence electrons. The first kappa shape index (κ1) is 20.6. The quantitative estimate of drug-likeness (QED) is 0.565. The number of benzene rings is 2. The average Bonchev–Trinajstić information content (AvgIpc) is 2.68. The number of piperidine rings is 1. The number of anilines is 2. The Hall–Kier alpha value is -3.10. The van der Waals surface area contributed by atoms with Crippen molar-refractivity contribution in [2.75, 3.05) is 23.3 Å². The Morgan fingerprint density at radius 2 is 1.76 bits per heavy atom. The van der Waals surface area contributed by atoms with E-state index in [9.17, 15) is 28.1 Å². The second kappa shape index (κ2) is 8.10. The van der Waals surface area contributed by atoms with E-state index in [1.807, 2.05) is 4.90 Å². The van der Waals surface area contributed by atoms with E-state index in [1.165, 1.54) is 12.1 Å². The van der Waals surface area contributed by atoms with Crippen LogP contribution in [0.15, 0.2) is 42.5 Å². The number of nitrogens with one attached hydrogen (secondary N) is 1. The normalized spacial score (nSPS) is 15.2. The molecule has 0 saturated carbocycles. The van der Waals surface area contributed by atoms with Gasteiger partial charge in [-0.1, -0.05) is 6.92 Å². The lowest BCUT2D eigenvalue weighted by molar-refractivity contribution is -0.384. The molecule has 1 aliphatic heterocycles. The van der Waals surface area contributed by atoms with Crippen LogP contribution in [-0.2, 0) is 6.18 Å². The van der Waals surface area contributed by atoms with Gasteiger partial charge in [0.1, 0.15) is 5.69 Å². The molecule has 29 heavy (non-hydrogen) atoms. The van der Waals surface area contributed by atoms with E-state index in [0.29, 0.717) is 24.7 Å². The van der Waals surface area contributed by atoms with Crippen molar-refractivity contribution >= 4 is 23.0 Å². The van der Waals surface area contributed by atoms with Gasteiger partial charge in [0.25, 0.3) is 11.6 Å². The number of nitrogens with zero attached hydrogens (tertiary/aromatic N) is 2. The third-order valence-electron chi connectivity index (χ3n) is 5.03. The Bertz CT molecular complexity index is 905. The zero-order chi connectivity index (χ0) is 21.2. The summed E-state index contributed by atoms with van der Waals surface area (Å²) >= 11 is 0. The molecule has 0 radical (unpaired) electrons. The third kappa shape index (κ3) is 4.85. The number of alkyl halides is 3. The van der Waals surface area contributed by atoms with Crippen molar-refractivity contribution in [2.24, 2.45) is 5.92 Å². The molecule has 0 aliphatic carbocycles. The van der Waals surface area contributed by atoms with Crippen LogP contribution in [0.1, 0.15) is 35.7 Å². The number of amides is 1. The van der Waals surface area contributed by atoms with E-state index >= 15 is 0 Å². The van der Waals surface area contributed by atoms with Crippen LogP contribution < -0.4 is 10.2 Å². The largest absolute Gasteiger partial charge is 0.416 e. The summed E-state index contributed by atoms with van der Waals surface area (Å²) in [5.74, 6) is -0.0641. The number of hydrogen-bond acceptors (Lipinski definition) is 4. The fourth-order valence-corrected chi connectivity index (χ4v) is 3.27. The van der Waals surface area contributed by atoms with E-state index in [-0.39, 0.29) is 16.9 Å². The SMILES string of the molecule is CC1CCN(c2ccc(C(=O)Nc3ccc(C(F)(F)F)cc3)cc2[N+](=O)[O-])CC1. The monoisotopic (exact) mass is 407 g/mol. The van der Waals surface area contributed by atoms with Crippen LogP contribution in [0.4, 0.5) is 30.2 Å². The molecule has 6 nitrogen and oxygen atoms in total. The van der Waals surface area contributed by atoms with Gasteiger partial charge in [-0.3, -0.25) is 14.9 Å². The number of halogens is 3. The molecule has 0 atom stereocenters. The number of hydrogen-bond donors (Lipinski definition) is 1. The highest BCUT2D eigenvalue weighted by Crippen LogP contribution is 2.33. The smallest absolute Gasteiger partial charge is 0.366 e. The standard InChI is InChI=1S/C20H20F3N3O3/c1-13-8-10-25(11-9-13)17-7-2-14(12-18(17)26(28)29)19(27)24-16-5-3-15(4-6-16)20(21,22)23/h2-7,12-13H,8-11H2,1H3,(H,24,27). The second-order valence-electron chi connectivity index (χ2n) is 7.16. The fraction of sp³-hybridized carbons (Fsp3) is 0.350. The Morgan fingerprint density at radius 1 is 1.14 bits per heavy atom. The lowest BCUT2D eigenvalue weighted by Gasteiger charge is -2.31. The first-order chi connectivity index (χ1) is 13.6. The lowest BCUT2D eigenvalue weighted by Crippen LogP contribution is -2.33. The molecule has 1 aliphatic rings. The van der Waals surface area contributed by atoms with Crippen molar-refractivity contribution < 1.29 is 22.9 Å². The van der Waals surface area contributed by atoms with Gasteiger partial charge in [0.05, 0.1) is 10.5 Å². The maximum Gasteiger partial charge on any atom is 0.416 e. The highest BCUT2D eigenvalue weighted by atomic mass is 19.4. The van der Waals surface area contributed by atoms with Gasteiger partial charge in [-0.05, 0) is 55.2 Å². The number of rotatable bonds is 4. The molecule has 1 heterocycles. The van der Waals surface area contributed by atoms with E-state index in [2.05, 4.69) is 12.2 Å². The summed E-state index contributed by atoms with van der Waals surface area (Å²) in [6, 6.07) is 8.23. The lowest BCUT2D eigenvalue weighted by atomic mass is 9.98. The molecule has 0 spiro atoms. The van der Waals surface area contributed by atoms with Crippen molar-refractivity contribution in [2.45, 2.75) is 25.9 Å². The summed E-state index contributed by atoms with van der Waals surface area (Å²) in [6.07, 6.45) is -2.59. The van der Waals surface area contributed by atoms with Crippen LogP contribution in [0.5, 0.6) is 0 Å². The molecular formula is C20H20F3N3O3. The summed E-state index contributed by atoms with van der Waals surface area (Å²) in [6.45, 7) is 3.55. The van der Waals surface area contributed by atoms with Crippen LogP contribution in [-0.4, -0.2) is 23.9 Å². The van der Waals surface area contributed by atoms with Gasteiger partial charge in [0, 0.05) is 30.4 Å². The summed E-state index contributed by atoms with van der Waals surface area (Å²) in [4.78, 5) is 25.4. The number of carbonyl (C=O) groups is 1. The molecule has 3 rings (SSSR count). The zero-order valence-electron chi connectivity index (χ0n) is 15.7. The number of nitro benzene ring substituents is 1. The van der Waals surface area contributed by atoms with Crippen LogP contribution in [0.3, 0.4) is 0 Å². The zero-order valence-corrected chi connectivity index (χ0v) is 15.7. The highest BCUT2D eigenvalue weighted by molar-refractivity contribution is 6.05. The Kier molecular flexibility index (Phi) is 5.76. The van der Waals surface area contributed by atoms with Crippen molar-refractivity contribution in [1.29, 1.82) is 0 Å². The minimum Gasteiger partial charge on any atom is -0.366 e.